The summed E-state index contributed by atoms with van der Waals surface area (Å²) in [6.07, 6.45) is 0. The van der Waals surface area contributed by atoms with Crippen LogP contribution in [0.15, 0.2) is 28.0 Å². The van der Waals surface area contributed by atoms with Gasteiger partial charge in [-0.1, -0.05) is 0 Å². The molecule has 11 heavy (non-hydrogen) atoms. The van der Waals surface area contributed by atoms with Crippen LogP contribution in [0.1, 0.15) is 6.92 Å². The summed E-state index contributed by atoms with van der Waals surface area (Å²) < 4.78 is 5.26. The third-order valence-electron chi connectivity index (χ3n) is 1.26. The van der Waals surface area contributed by atoms with Gasteiger partial charge >= 0.3 is 0 Å². The standard InChI is InChI=1S/C8H10OS2/c1-2-9-6-3-4-7(10)8(11)5-6/h3-5,10-11H,2H2,1H3. The normalized spacial score (nSPS) is 9.73. The molecule has 0 aliphatic heterocycles. The SMILES string of the molecule is CCOc1ccc(S)c(S)c1. The van der Waals surface area contributed by atoms with E-state index >= 15 is 0 Å². The van der Waals surface area contributed by atoms with Crippen molar-refractivity contribution >= 4 is 25.3 Å². The zero-order valence-corrected chi connectivity index (χ0v) is 8.03. The molecule has 0 N–H and O–H groups in total. The van der Waals surface area contributed by atoms with Gasteiger partial charge in [0.25, 0.3) is 0 Å². The van der Waals surface area contributed by atoms with Crippen LogP contribution in [0.4, 0.5) is 0 Å². The predicted octanol–water partition coefficient (Wildman–Crippen LogP) is 2.66. The van der Waals surface area contributed by atoms with Crippen molar-refractivity contribution < 1.29 is 4.74 Å². The average molecular weight is 186 g/mol. The van der Waals surface area contributed by atoms with Gasteiger partial charge in [-0.25, -0.2) is 0 Å². The Bertz CT molecular complexity index is 248. The van der Waals surface area contributed by atoms with E-state index in [4.69, 9.17) is 4.74 Å². The van der Waals surface area contributed by atoms with Gasteiger partial charge in [0.1, 0.15) is 5.75 Å². The van der Waals surface area contributed by atoms with E-state index < -0.39 is 0 Å². The Morgan fingerprint density at radius 2 is 2.00 bits per heavy atom. The molecule has 0 spiro atoms. The van der Waals surface area contributed by atoms with Crippen LogP contribution in [0.3, 0.4) is 0 Å². The van der Waals surface area contributed by atoms with E-state index in [2.05, 4.69) is 25.3 Å². The second-order valence-corrected chi connectivity index (χ2v) is 3.05. The first-order valence-electron chi connectivity index (χ1n) is 3.39. The smallest absolute Gasteiger partial charge is 0.120 e. The highest BCUT2D eigenvalue weighted by Gasteiger charge is 1.96. The van der Waals surface area contributed by atoms with Crippen LogP contribution in [0.2, 0.25) is 0 Å². The minimum atomic E-state index is 0.680. The van der Waals surface area contributed by atoms with Crippen LogP contribution >= 0.6 is 25.3 Å². The largest absolute Gasteiger partial charge is 0.494 e. The Balaban J connectivity index is 2.86. The lowest BCUT2D eigenvalue weighted by molar-refractivity contribution is 0.339. The molecule has 1 nitrogen and oxygen atoms in total. The maximum Gasteiger partial charge on any atom is 0.120 e. The first kappa shape index (κ1) is 8.81. The maximum atomic E-state index is 5.26. The van der Waals surface area contributed by atoms with E-state index in [9.17, 15) is 0 Å². The van der Waals surface area contributed by atoms with Crippen molar-refractivity contribution in [1.29, 1.82) is 0 Å². The molecule has 0 fully saturated rings. The molecule has 0 aliphatic carbocycles. The molecule has 0 atom stereocenters. The number of thiol groups is 2. The van der Waals surface area contributed by atoms with Crippen molar-refractivity contribution in [3.05, 3.63) is 18.2 Å². The second kappa shape index (κ2) is 3.93. The lowest BCUT2D eigenvalue weighted by Gasteiger charge is -2.03. The summed E-state index contributed by atoms with van der Waals surface area (Å²) >= 11 is 8.39. The molecule has 0 saturated carbocycles. The Kier molecular flexibility index (Phi) is 3.15. The molecular weight excluding hydrogens is 176 g/mol. The lowest BCUT2D eigenvalue weighted by atomic mass is 10.3. The summed E-state index contributed by atoms with van der Waals surface area (Å²) in [5.74, 6) is 0.843. The molecule has 1 aromatic rings. The third-order valence-corrected chi connectivity index (χ3v) is 2.19. The van der Waals surface area contributed by atoms with Crippen LogP contribution in [0.25, 0.3) is 0 Å². The number of hydrogen-bond acceptors (Lipinski definition) is 3. The van der Waals surface area contributed by atoms with Crippen molar-refractivity contribution in [2.24, 2.45) is 0 Å². The quantitative estimate of drug-likeness (QED) is 0.675. The summed E-state index contributed by atoms with van der Waals surface area (Å²) in [5.41, 5.74) is 0. The monoisotopic (exact) mass is 186 g/mol. The molecule has 3 heteroatoms. The Morgan fingerprint density at radius 1 is 1.27 bits per heavy atom. The molecular formula is C8H10OS2. The number of ether oxygens (including phenoxy) is 1. The highest BCUT2D eigenvalue weighted by Crippen LogP contribution is 2.23. The fourth-order valence-electron chi connectivity index (χ4n) is 0.760. The van der Waals surface area contributed by atoms with Crippen LogP contribution < -0.4 is 4.74 Å². The molecule has 60 valence electrons. The van der Waals surface area contributed by atoms with E-state index in [1.165, 1.54) is 0 Å². The van der Waals surface area contributed by atoms with Gasteiger partial charge in [0.15, 0.2) is 0 Å². The summed E-state index contributed by atoms with van der Waals surface area (Å²) in [6, 6.07) is 5.61. The highest BCUT2D eigenvalue weighted by atomic mass is 32.1. The molecule has 0 unspecified atom stereocenters. The first-order valence-corrected chi connectivity index (χ1v) is 4.28. The van der Waals surface area contributed by atoms with Crippen LogP contribution in [-0.4, -0.2) is 6.61 Å². The number of rotatable bonds is 2. The molecule has 0 bridgehead atoms. The van der Waals surface area contributed by atoms with Gasteiger partial charge < -0.3 is 4.74 Å². The third kappa shape index (κ3) is 2.34. The van der Waals surface area contributed by atoms with Crippen molar-refractivity contribution in [2.75, 3.05) is 6.61 Å². The molecule has 0 saturated heterocycles. The van der Waals surface area contributed by atoms with E-state index in [0.29, 0.717) is 6.61 Å². The zero-order chi connectivity index (χ0) is 8.27. The van der Waals surface area contributed by atoms with Crippen molar-refractivity contribution in [3.63, 3.8) is 0 Å². The molecule has 1 rings (SSSR count). The Hall–Kier alpha value is -0.280. The number of benzene rings is 1. The van der Waals surface area contributed by atoms with Crippen molar-refractivity contribution in [1.82, 2.24) is 0 Å². The minimum Gasteiger partial charge on any atom is -0.494 e. The van der Waals surface area contributed by atoms with E-state index in [0.717, 1.165) is 15.5 Å². The summed E-state index contributed by atoms with van der Waals surface area (Å²) in [5, 5.41) is 0. The Morgan fingerprint density at radius 3 is 2.55 bits per heavy atom. The van der Waals surface area contributed by atoms with Crippen LogP contribution in [0, 0.1) is 0 Å². The fraction of sp³-hybridized carbons (Fsp3) is 0.250. The first-order chi connectivity index (χ1) is 5.24. The summed E-state index contributed by atoms with van der Waals surface area (Å²) in [6.45, 7) is 2.63. The molecule has 0 amide bonds. The van der Waals surface area contributed by atoms with Gasteiger partial charge in [0.05, 0.1) is 6.61 Å². The van der Waals surface area contributed by atoms with Gasteiger partial charge in [0.2, 0.25) is 0 Å². The molecule has 0 heterocycles. The van der Waals surface area contributed by atoms with Gasteiger partial charge in [0, 0.05) is 9.79 Å². The van der Waals surface area contributed by atoms with Crippen LogP contribution in [-0.2, 0) is 0 Å². The second-order valence-electron chi connectivity index (χ2n) is 2.08. The van der Waals surface area contributed by atoms with E-state index in [1.807, 2.05) is 25.1 Å². The van der Waals surface area contributed by atoms with Gasteiger partial charge in [-0.3, -0.25) is 0 Å². The average Bonchev–Trinajstić information content (AvgIpc) is 1.98. The van der Waals surface area contributed by atoms with Crippen molar-refractivity contribution in [2.45, 2.75) is 16.7 Å². The number of hydrogen-bond donors (Lipinski definition) is 2. The van der Waals surface area contributed by atoms with Gasteiger partial charge in [-0.15, -0.1) is 25.3 Å². The summed E-state index contributed by atoms with van der Waals surface area (Å²) in [4.78, 5) is 1.72. The van der Waals surface area contributed by atoms with E-state index in [-0.39, 0.29) is 0 Å². The molecule has 1 aromatic carbocycles. The highest BCUT2D eigenvalue weighted by molar-refractivity contribution is 7.83. The van der Waals surface area contributed by atoms with Crippen LogP contribution in [0.5, 0.6) is 5.75 Å². The predicted molar refractivity (Wildman–Crippen MR) is 52.1 cm³/mol. The van der Waals surface area contributed by atoms with Crippen molar-refractivity contribution in [3.8, 4) is 5.75 Å². The topological polar surface area (TPSA) is 9.23 Å². The zero-order valence-electron chi connectivity index (χ0n) is 6.24. The summed E-state index contributed by atoms with van der Waals surface area (Å²) in [7, 11) is 0. The lowest BCUT2D eigenvalue weighted by Crippen LogP contribution is -1.90. The fourth-order valence-corrected chi connectivity index (χ4v) is 1.10. The van der Waals surface area contributed by atoms with Gasteiger partial charge in [-0.05, 0) is 25.1 Å². The molecule has 0 aromatic heterocycles. The maximum absolute atomic E-state index is 5.26. The Labute approximate surface area is 77.6 Å². The van der Waals surface area contributed by atoms with E-state index in [1.54, 1.807) is 0 Å². The molecule has 0 aliphatic rings. The minimum absolute atomic E-state index is 0.680. The van der Waals surface area contributed by atoms with Gasteiger partial charge in [-0.2, -0.15) is 0 Å². The molecule has 0 radical (unpaired) electrons.